The summed E-state index contributed by atoms with van der Waals surface area (Å²) >= 11 is 0. The summed E-state index contributed by atoms with van der Waals surface area (Å²) in [5.41, 5.74) is 7.27. The molecule has 0 aliphatic heterocycles. The summed E-state index contributed by atoms with van der Waals surface area (Å²) in [4.78, 5) is 0. The van der Waals surface area contributed by atoms with Crippen LogP contribution in [0.15, 0.2) is 65.1 Å². The van der Waals surface area contributed by atoms with E-state index in [9.17, 15) is 4.39 Å². The molecule has 30 heavy (non-hydrogen) atoms. The van der Waals surface area contributed by atoms with Crippen molar-refractivity contribution in [2.75, 3.05) is 0 Å². The minimum Gasteiger partial charge on any atom is -0.455 e. The first kappa shape index (κ1) is 18.8. The van der Waals surface area contributed by atoms with Gasteiger partial charge in [-0.05, 0) is 48.6 Å². The Bertz CT molecular complexity index is 1430. The standard InChI is InChI=1S/C27H25FNO/c1-16(2)13-18-14-24(29(4)23-8-6-5-7-20(18)23)26-17(3)9-11-22-21-12-10-19(28)15-25(21)30-27(22)26/h5-12,14-16H,13H2,1-4H3/q+1. The number of furan rings is 1. The van der Waals surface area contributed by atoms with Gasteiger partial charge in [-0.1, -0.05) is 38.1 Å². The van der Waals surface area contributed by atoms with E-state index in [1.165, 1.54) is 28.6 Å². The summed E-state index contributed by atoms with van der Waals surface area (Å²) in [7, 11) is 2.11. The van der Waals surface area contributed by atoms with E-state index in [-0.39, 0.29) is 5.82 Å². The smallest absolute Gasteiger partial charge is 0.217 e. The second-order valence-corrected chi connectivity index (χ2v) is 8.61. The van der Waals surface area contributed by atoms with Crippen molar-refractivity contribution >= 4 is 32.8 Å². The summed E-state index contributed by atoms with van der Waals surface area (Å²) < 4.78 is 22.3. The number of hydrogen-bond donors (Lipinski definition) is 0. The van der Waals surface area contributed by atoms with Gasteiger partial charge in [-0.3, -0.25) is 0 Å². The first-order valence-corrected chi connectivity index (χ1v) is 10.5. The number of benzene rings is 3. The molecule has 2 aromatic heterocycles. The molecule has 5 rings (SSSR count). The van der Waals surface area contributed by atoms with Crippen molar-refractivity contribution in [3.63, 3.8) is 0 Å². The quantitative estimate of drug-likeness (QED) is 0.303. The number of fused-ring (bicyclic) bond motifs is 4. The lowest BCUT2D eigenvalue weighted by atomic mass is 9.94. The Morgan fingerprint density at radius 1 is 0.933 bits per heavy atom. The Kier molecular flexibility index (Phi) is 4.35. The molecule has 0 amide bonds. The molecule has 0 aliphatic carbocycles. The molecule has 150 valence electrons. The van der Waals surface area contributed by atoms with Crippen molar-refractivity contribution in [1.29, 1.82) is 0 Å². The summed E-state index contributed by atoms with van der Waals surface area (Å²) in [6.07, 6.45) is 1.01. The average Bonchev–Trinajstić information content (AvgIpc) is 3.07. The monoisotopic (exact) mass is 398 g/mol. The van der Waals surface area contributed by atoms with E-state index in [0.717, 1.165) is 39.6 Å². The van der Waals surface area contributed by atoms with E-state index in [4.69, 9.17) is 4.42 Å². The van der Waals surface area contributed by atoms with Crippen molar-refractivity contribution in [2.24, 2.45) is 13.0 Å². The van der Waals surface area contributed by atoms with Gasteiger partial charge in [0, 0.05) is 34.4 Å². The fourth-order valence-corrected chi connectivity index (χ4v) is 4.59. The molecule has 0 bridgehead atoms. The predicted octanol–water partition coefficient (Wildman–Crippen LogP) is 6.88. The number of para-hydroxylation sites is 1. The highest BCUT2D eigenvalue weighted by atomic mass is 19.1. The van der Waals surface area contributed by atoms with Gasteiger partial charge >= 0.3 is 0 Å². The highest BCUT2D eigenvalue weighted by molar-refractivity contribution is 6.09. The van der Waals surface area contributed by atoms with E-state index in [1.807, 2.05) is 0 Å². The van der Waals surface area contributed by atoms with Crippen LogP contribution in [0.4, 0.5) is 4.39 Å². The lowest BCUT2D eigenvalue weighted by Gasteiger charge is -2.12. The molecule has 0 spiro atoms. The van der Waals surface area contributed by atoms with Crippen LogP contribution in [0, 0.1) is 18.7 Å². The number of nitrogens with zero attached hydrogens (tertiary/aromatic N) is 1. The van der Waals surface area contributed by atoms with Crippen LogP contribution >= 0.6 is 0 Å². The van der Waals surface area contributed by atoms with Gasteiger partial charge in [-0.25, -0.2) is 4.39 Å². The van der Waals surface area contributed by atoms with Gasteiger partial charge < -0.3 is 4.42 Å². The molecule has 2 nitrogen and oxygen atoms in total. The number of halogens is 1. The van der Waals surface area contributed by atoms with E-state index in [1.54, 1.807) is 6.07 Å². The molecule has 3 aromatic carbocycles. The topological polar surface area (TPSA) is 17.0 Å². The number of aryl methyl sites for hydroxylation is 2. The zero-order chi connectivity index (χ0) is 21.0. The Balaban J connectivity index is 1.89. The molecule has 0 unspecified atom stereocenters. The molecule has 0 N–H and O–H groups in total. The molecule has 0 radical (unpaired) electrons. The van der Waals surface area contributed by atoms with Crippen molar-refractivity contribution in [1.82, 2.24) is 0 Å². The second kappa shape index (κ2) is 6.94. The minimum atomic E-state index is -0.282. The molecule has 0 aliphatic rings. The van der Waals surface area contributed by atoms with E-state index < -0.39 is 0 Å². The zero-order valence-electron chi connectivity index (χ0n) is 17.8. The van der Waals surface area contributed by atoms with Crippen molar-refractivity contribution in [2.45, 2.75) is 27.2 Å². The first-order valence-electron chi connectivity index (χ1n) is 10.5. The molecule has 0 fully saturated rings. The van der Waals surface area contributed by atoms with Gasteiger partial charge in [0.1, 0.15) is 24.0 Å². The summed E-state index contributed by atoms with van der Waals surface area (Å²) in [6.45, 7) is 6.61. The summed E-state index contributed by atoms with van der Waals surface area (Å²) in [5.74, 6) is 0.273. The fourth-order valence-electron chi connectivity index (χ4n) is 4.59. The summed E-state index contributed by atoms with van der Waals surface area (Å²) in [6, 6.07) is 19.8. The Morgan fingerprint density at radius 3 is 2.50 bits per heavy atom. The molecule has 0 atom stereocenters. The Morgan fingerprint density at radius 2 is 1.70 bits per heavy atom. The molecule has 0 saturated carbocycles. The zero-order valence-corrected chi connectivity index (χ0v) is 17.8. The number of rotatable bonds is 3. The van der Waals surface area contributed by atoms with Crippen LogP contribution in [0.25, 0.3) is 44.1 Å². The van der Waals surface area contributed by atoms with Crippen LogP contribution in [-0.2, 0) is 13.5 Å². The van der Waals surface area contributed by atoms with Crippen LogP contribution in [-0.4, -0.2) is 0 Å². The SMILES string of the molecule is Cc1ccc2c(oc3cc(F)ccc32)c1-c1cc(CC(C)C)c2ccccc2[n+]1C. The fraction of sp³-hybridized carbons (Fsp3) is 0.222. The Labute approximate surface area is 175 Å². The number of hydrogen-bond acceptors (Lipinski definition) is 1. The predicted molar refractivity (Wildman–Crippen MR) is 121 cm³/mol. The second-order valence-electron chi connectivity index (χ2n) is 8.61. The highest BCUT2D eigenvalue weighted by Crippen LogP contribution is 2.38. The third kappa shape index (κ3) is 2.88. The number of aromatic nitrogens is 1. The Hall–Kier alpha value is -3.20. The third-order valence-electron chi connectivity index (χ3n) is 5.98. The average molecular weight is 399 g/mol. The van der Waals surface area contributed by atoms with Crippen LogP contribution in [0.2, 0.25) is 0 Å². The lowest BCUT2D eigenvalue weighted by molar-refractivity contribution is -0.633. The van der Waals surface area contributed by atoms with Crippen LogP contribution in [0.5, 0.6) is 0 Å². The van der Waals surface area contributed by atoms with Gasteiger partial charge in [-0.2, -0.15) is 4.57 Å². The van der Waals surface area contributed by atoms with Gasteiger partial charge in [0.05, 0.1) is 5.56 Å². The van der Waals surface area contributed by atoms with Gasteiger partial charge in [0.2, 0.25) is 11.2 Å². The van der Waals surface area contributed by atoms with Crippen LogP contribution < -0.4 is 4.57 Å². The van der Waals surface area contributed by atoms with Crippen LogP contribution in [0.1, 0.15) is 25.0 Å². The molecule has 0 saturated heterocycles. The lowest BCUT2D eigenvalue weighted by Crippen LogP contribution is -2.33. The van der Waals surface area contributed by atoms with E-state index >= 15 is 0 Å². The van der Waals surface area contributed by atoms with E-state index in [0.29, 0.717) is 11.5 Å². The molecule has 3 heteroatoms. The largest absolute Gasteiger partial charge is 0.455 e. The molecule has 2 heterocycles. The van der Waals surface area contributed by atoms with Gasteiger partial charge in [-0.15, -0.1) is 0 Å². The van der Waals surface area contributed by atoms with Crippen LogP contribution in [0.3, 0.4) is 0 Å². The normalized spacial score (nSPS) is 11.9. The van der Waals surface area contributed by atoms with Gasteiger partial charge in [0.15, 0.2) is 0 Å². The van der Waals surface area contributed by atoms with Crippen molar-refractivity contribution in [3.05, 3.63) is 77.6 Å². The van der Waals surface area contributed by atoms with Gasteiger partial charge in [0.25, 0.3) is 0 Å². The van der Waals surface area contributed by atoms with Crippen molar-refractivity contribution < 1.29 is 13.4 Å². The maximum atomic E-state index is 13.8. The molecular formula is C27H25FNO+. The third-order valence-corrected chi connectivity index (χ3v) is 5.98. The molecule has 5 aromatic rings. The molecular weight excluding hydrogens is 373 g/mol. The maximum absolute atomic E-state index is 13.8. The minimum absolute atomic E-state index is 0.282. The number of pyridine rings is 1. The highest BCUT2D eigenvalue weighted by Gasteiger charge is 2.24. The first-order chi connectivity index (χ1) is 14.4. The summed E-state index contributed by atoms with van der Waals surface area (Å²) in [5, 5.41) is 3.25. The van der Waals surface area contributed by atoms with Crippen molar-refractivity contribution in [3.8, 4) is 11.3 Å². The maximum Gasteiger partial charge on any atom is 0.217 e. The van der Waals surface area contributed by atoms with E-state index in [2.05, 4.69) is 74.9 Å².